The number of halogens is 1. The molecular weight excluding hydrogens is 258 g/mol. The van der Waals surface area contributed by atoms with Crippen LogP contribution in [0.25, 0.3) is 5.69 Å². The van der Waals surface area contributed by atoms with Crippen LogP contribution in [-0.4, -0.2) is 15.8 Å². The van der Waals surface area contributed by atoms with Crippen molar-refractivity contribution in [2.75, 3.05) is 0 Å². The van der Waals surface area contributed by atoms with Gasteiger partial charge < -0.3 is 5.73 Å². The van der Waals surface area contributed by atoms with E-state index >= 15 is 0 Å². The summed E-state index contributed by atoms with van der Waals surface area (Å²) in [5.41, 5.74) is 11.5. The lowest BCUT2D eigenvalue weighted by atomic mass is 10.1. The fourth-order valence-corrected chi connectivity index (χ4v) is 2.38. The van der Waals surface area contributed by atoms with E-state index in [1.807, 2.05) is 36.7 Å². The second-order valence-corrected chi connectivity index (χ2v) is 5.60. The van der Waals surface area contributed by atoms with Gasteiger partial charge in [0.25, 0.3) is 0 Å². The monoisotopic (exact) mass is 277 g/mol. The van der Waals surface area contributed by atoms with Crippen LogP contribution >= 0.6 is 11.6 Å². The predicted molar refractivity (Wildman–Crippen MR) is 80.1 cm³/mol. The number of rotatable bonds is 3. The molecule has 2 N–H and O–H groups in total. The second-order valence-electron chi connectivity index (χ2n) is 5.16. The van der Waals surface area contributed by atoms with Gasteiger partial charge in [-0.3, -0.25) is 0 Å². The van der Waals surface area contributed by atoms with E-state index in [-0.39, 0.29) is 6.04 Å². The summed E-state index contributed by atoms with van der Waals surface area (Å²) < 4.78 is 1.97. The van der Waals surface area contributed by atoms with Crippen molar-refractivity contribution in [1.29, 1.82) is 0 Å². The van der Waals surface area contributed by atoms with E-state index < -0.39 is 0 Å². The Bertz CT molecular complexity index is 600. The fraction of sp³-hybridized carbons (Fsp3) is 0.400. The zero-order chi connectivity index (χ0) is 14.2. The van der Waals surface area contributed by atoms with Crippen LogP contribution < -0.4 is 5.73 Å². The molecule has 1 unspecified atom stereocenters. The molecule has 0 fully saturated rings. The Morgan fingerprint density at radius 2 is 2.00 bits per heavy atom. The summed E-state index contributed by atoms with van der Waals surface area (Å²) >= 11 is 6.13. The summed E-state index contributed by atoms with van der Waals surface area (Å²) in [5.74, 6) is 0. The highest BCUT2D eigenvalue weighted by molar-refractivity contribution is 6.30. The quantitative estimate of drug-likeness (QED) is 0.935. The van der Waals surface area contributed by atoms with Crippen molar-refractivity contribution in [2.24, 2.45) is 5.73 Å². The van der Waals surface area contributed by atoms with Crippen LogP contribution in [-0.2, 0) is 6.42 Å². The number of nitrogens with two attached hydrogens (primary N) is 1. The van der Waals surface area contributed by atoms with E-state index in [1.54, 1.807) is 0 Å². The molecule has 1 aromatic heterocycles. The first-order chi connectivity index (χ1) is 8.90. The van der Waals surface area contributed by atoms with Gasteiger partial charge in [0.1, 0.15) is 0 Å². The predicted octanol–water partition coefficient (Wildman–Crippen LogP) is 3.34. The normalized spacial score (nSPS) is 12.7. The molecule has 0 aliphatic rings. The van der Waals surface area contributed by atoms with E-state index in [9.17, 15) is 0 Å². The van der Waals surface area contributed by atoms with Crippen LogP contribution in [0.15, 0.2) is 18.2 Å². The largest absolute Gasteiger partial charge is 0.328 e. The summed E-state index contributed by atoms with van der Waals surface area (Å²) in [7, 11) is 0. The highest BCUT2D eigenvalue weighted by atomic mass is 35.5. The average molecular weight is 278 g/mol. The highest BCUT2D eigenvalue weighted by Crippen LogP contribution is 2.24. The van der Waals surface area contributed by atoms with Gasteiger partial charge in [0.05, 0.1) is 11.4 Å². The van der Waals surface area contributed by atoms with E-state index in [2.05, 4.69) is 18.9 Å². The smallest absolute Gasteiger partial charge is 0.0696 e. The van der Waals surface area contributed by atoms with Gasteiger partial charge in [0.15, 0.2) is 0 Å². The molecule has 0 aliphatic heterocycles. The summed E-state index contributed by atoms with van der Waals surface area (Å²) in [6.07, 6.45) is 0.809. The van der Waals surface area contributed by atoms with Crippen molar-refractivity contribution in [2.45, 2.75) is 40.2 Å². The molecule has 19 heavy (non-hydrogen) atoms. The number of nitrogens with zero attached hydrogens (tertiary/aromatic N) is 2. The van der Waals surface area contributed by atoms with Crippen molar-refractivity contribution in [3.8, 4) is 5.69 Å². The molecule has 0 spiro atoms. The Kier molecular flexibility index (Phi) is 3.97. The molecule has 0 bridgehead atoms. The zero-order valence-electron chi connectivity index (χ0n) is 11.9. The van der Waals surface area contributed by atoms with E-state index in [0.29, 0.717) is 5.02 Å². The Labute approximate surface area is 119 Å². The SMILES string of the molecule is Cc1nn(-c2cc(Cl)ccc2CC(C)N)c(C)c1C. The third kappa shape index (κ3) is 2.82. The molecule has 0 aliphatic carbocycles. The van der Waals surface area contributed by atoms with Crippen molar-refractivity contribution in [3.63, 3.8) is 0 Å². The minimum atomic E-state index is 0.109. The molecule has 0 radical (unpaired) electrons. The Morgan fingerprint density at radius 1 is 1.32 bits per heavy atom. The number of benzene rings is 1. The van der Waals surface area contributed by atoms with Gasteiger partial charge in [-0.1, -0.05) is 17.7 Å². The van der Waals surface area contributed by atoms with Crippen molar-refractivity contribution < 1.29 is 0 Å². The fourth-order valence-electron chi connectivity index (χ4n) is 2.21. The molecule has 1 atom stereocenters. The minimum Gasteiger partial charge on any atom is -0.328 e. The van der Waals surface area contributed by atoms with Crippen LogP contribution in [0.4, 0.5) is 0 Å². The van der Waals surface area contributed by atoms with Crippen molar-refractivity contribution >= 4 is 11.6 Å². The van der Waals surface area contributed by atoms with Crippen LogP contribution in [0.3, 0.4) is 0 Å². The lowest BCUT2D eigenvalue weighted by Gasteiger charge is -2.13. The summed E-state index contributed by atoms with van der Waals surface area (Å²) in [4.78, 5) is 0. The van der Waals surface area contributed by atoms with Gasteiger partial charge in [-0.25, -0.2) is 4.68 Å². The molecule has 3 nitrogen and oxygen atoms in total. The highest BCUT2D eigenvalue weighted by Gasteiger charge is 2.13. The number of aryl methyl sites for hydroxylation is 1. The third-order valence-electron chi connectivity index (χ3n) is 3.47. The van der Waals surface area contributed by atoms with Gasteiger partial charge in [-0.15, -0.1) is 0 Å². The Balaban J connectivity index is 2.59. The van der Waals surface area contributed by atoms with Gasteiger partial charge >= 0.3 is 0 Å². The maximum atomic E-state index is 6.13. The van der Waals surface area contributed by atoms with Crippen LogP contribution in [0.2, 0.25) is 5.02 Å². The van der Waals surface area contributed by atoms with Crippen LogP contribution in [0.5, 0.6) is 0 Å². The number of aromatic nitrogens is 2. The van der Waals surface area contributed by atoms with E-state index in [0.717, 1.165) is 23.5 Å². The van der Waals surface area contributed by atoms with Crippen molar-refractivity contribution in [3.05, 3.63) is 45.7 Å². The molecule has 1 aromatic carbocycles. The van der Waals surface area contributed by atoms with Crippen molar-refractivity contribution in [1.82, 2.24) is 9.78 Å². The number of hydrogen-bond acceptors (Lipinski definition) is 2. The van der Waals surface area contributed by atoms with Gasteiger partial charge in [-0.2, -0.15) is 5.10 Å². The topological polar surface area (TPSA) is 43.8 Å². The van der Waals surface area contributed by atoms with Gasteiger partial charge in [-0.05, 0) is 57.4 Å². The molecule has 0 amide bonds. The molecule has 102 valence electrons. The van der Waals surface area contributed by atoms with Crippen LogP contribution in [0.1, 0.15) is 29.4 Å². The molecule has 0 saturated heterocycles. The lowest BCUT2D eigenvalue weighted by Crippen LogP contribution is -2.19. The summed E-state index contributed by atoms with van der Waals surface area (Å²) in [6, 6.07) is 6.00. The standard InChI is InChI=1S/C15H20ClN3/c1-9(17)7-13-5-6-14(16)8-15(13)19-12(4)10(2)11(3)18-19/h5-6,8-9H,7,17H2,1-4H3. The van der Waals surface area contributed by atoms with E-state index in [4.69, 9.17) is 17.3 Å². The molecule has 4 heteroatoms. The Morgan fingerprint density at radius 3 is 2.53 bits per heavy atom. The van der Waals surface area contributed by atoms with Crippen LogP contribution in [0, 0.1) is 20.8 Å². The summed E-state index contributed by atoms with van der Waals surface area (Å²) in [6.45, 7) is 8.19. The molecule has 0 saturated carbocycles. The molecule has 2 aromatic rings. The number of hydrogen-bond donors (Lipinski definition) is 1. The molecular formula is C15H20ClN3. The van der Waals surface area contributed by atoms with Gasteiger partial charge in [0.2, 0.25) is 0 Å². The average Bonchev–Trinajstić information content (AvgIpc) is 2.59. The first-order valence-electron chi connectivity index (χ1n) is 6.47. The summed E-state index contributed by atoms with van der Waals surface area (Å²) in [5, 5.41) is 5.32. The molecule has 1 heterocycles. The zero-order valence-corrected chi connectivity index (χ0v) is 12.6. The first-order valence-corrected chi connectivity index (χ1v) is 6.85. The minimum absolute atomic E-state index is 0.109. The van der Waals surface area contributed by atoms with E-state index in [1.165, 1.54) is 11.1 Å². The third-order valence-corrected chi connectivity index (χ3v) is 3.71. The molecule has 2 rings (SSSR count). The lowest BCUT2D eigenvalue weighted by molar-refractivity contribution is 0.724. The first kappa shape index (κ1) is 14.1. The van der Waals surface area contributed by atoms with Gasteiger partial charge in [0, 0.05) is 16.8 Å². The maximum Gasteiger partial charge on any atom is 0.0696 e. The Hall–Kier alpha value is -1.32. The second kappa shape index (κ2) is 5.35. The maximum absolute atomic E-state index is 6.13.